The molecule has 8 nitrogen and oxygen atoms in total. The molecule has 1 aromatic carbocycles. The number of carbonyl (C=O) groups excluding carboxylic acids is 4. The SMILES string of the molecule is CCOC(=O)NC(=O)COC(=O)c1ccccc1SCC(=O)NC12CC3CC(CC(C3)C1)C2. The van der Waals surface area contributed by atoms with E-state index in [1.807, 2.05) is 5.32 Å². The van der Waals surface area contributed by atoms with Gasteiger partial charge in [-0.2, -0.15) is 0 Å². The van der Waals surface area contributed by atoms with E-state index in [2.05, 4.69) is 10.1 Å². The van der Waals surface area contributed by atoms with Crippen molar-refractivity contribution in [3.05, 3.63) is 29.8 Å². The van der Waals surface area contributed by atoms with E-state index >= 15 is 0 Å². The highest BCUT2D eigenvalue weighted by Crippen LogP contribution is 2.55. The summed E-state index contributed by atoms with van der Waals surface area (Å²) in [7, 11) is 0. The van der Waals surface area contributed by atoms with Crippen molar-refractivity contribution in [2.45, 2.75) is 55.9 Å². The molecule has 5 rings (SSSR count). The Bertz CT molecular complexity index is 898. The van der Waals surface area contributed by atoms with E-state index in [1.54, 1.807) is 31.2 Å². The van der Waals surface area contributed by atoms with Gasteiger partial charge in [-0.3, -0.25) is 14.9 Å². The first-order chi connectivity index (χ1) is 15.9. The maximum atomic E-state index is 12.8. The fourth-order valence-corrected chi connectivity index (χ4v) is 6.87. The monoisotopic (exact) mass is 474 g/mol. The zero-order valence-electron chi connectivity index (χ0n) is 18.8. The van der Waals surface area contributed by atoms with Crippen LogP contribution in [-0.2, 0) is 19.1 Å². The van der Waals surface area contributed by atoms with Crippen molar-refractivity contribution in [1.29, 1.82) is 0 Å². The lowest BCUT2D eigenvalue weighted by Crippen LogP contribution is -2.60. The number of amides is 3. The molecule has 4 bridgehead atoms. The van der Waals surface area contributed by atoms with Gasteiger partial charge in [0, 0.05) is 10.4 Å². The maximum absolute atomic E-state index is 12.8. The van der Waals surface area contributed by atoms with E-state index in [-0.39, 0.29) is 29.4 Å². The Hall–Kier alpha value is -2.55. The molecule has 9 heteroatoms. The Balaban J connectivity index is 1.29. The van der Waals surface area contributed by atoms with Gasteiger partial charge >= 0.3 is 12.1 Å². The summed E-state index contributed by atoms with van der Waals surface area (Å²) in [5, 5.41) is 5.31. The number of rotatable bonds is 8. The van der Waals surface area contributed by atoms with E-state index in [0.717, 1.165) is 37.0 Å². The highest BCUT2D eigenvalue weighted by atomic mass is 32.2. The molecule has 0 heterocycles. The zero-order chi connectivity index (χ0) is 23.4. The molecule has 4 fully saturated rings. The van der Waals surface area contributed by atoms with Crippen LogP contribution in [0.2, 0.25) is 0 Å². The number of alkyl carbamates (subject to hydrolysis) is 1. The third-order valence-electron chi connectivity index (χ3n) is 6.76. The van der Waals surface area contributed by atoms with Crippen LogP contribution >= 0.6 is 11.8 Å². The van der Waals surface area contributed by atoms with Crippen LogP contribution in [0.1, 0.15) is 55.8 Å². The van der Waals surface area contributed by atoms with Crippen LogP contribution in [0.4, 0.5) is 4.79 Å². The van der Waals surface area contributed by atoms with Gasteiger partial charge < -0.3 is 14.8 Å². The van der Waals surface area contributed by atoms with Crippen LogP contribution in [0.15, 0.2) is 29.2 Å². The minimum Gasteiger partial charge on any atom is -0.452 e. The highest BCUT2D eigenvalue weighted by molar-refractivity contribution is 8.00. The number of thioether (sulfide) groups is 1. The molecule has 178 valence electrons. The average Bonchev–Trinajstić information content (AvgIpc) is 2.75. The summed E-state index contributed by atoms with van der Waals surface area (Å²) in [6.07, 6.45) is 6.33. The molecule has 0 aliphatic heterocycles. The van der Waals surface area contributed by atoms with Crippen molar-refractivity contribution in [2.24, 2.45) is 17.8 Å². The van der Waals surface area contributed by atoms with Crippen LogP contribution in [0.3, 0.4) is 0 Å². The highest BCUT2D eigenvalue weighted by Gasteiger charge is 2.51. The second kappa shape index (κ2) is 10.2. The van der Waals surface area contributed by atoms with Gasteiger partial charge in [0.1, 0.15) is 0 Å². The number of benzene rings is 1. The molecule has 3 amide bonds. The Kier molecular flexibility index (Phi) is 7.26. The molecule has 4 saturated carbocycles. The van der Waals surface area contributed by atoms with Crippen molar-refractivity contribution in [2.75, 3.05) is 19.0 Å². The van der Waals surface area contributed by atoms with E-state index in [4.69, 9.17) is 4.74 Å². The summed E-state index contributed by atoms with van der Waals surface area (Å²) in [6.45, 7) is 1.13. The summed E-state index contributed by atoms with van der Waals surface area (Å²) in [5.74, 6) is 0.969. The average molecular weight is 475 g/mol. The lowest BCUT2D eigenvalue weighted by atomic mass is 9.53. The summed E-state index contributed by atoms with van der Waals surface area (Å²) in [6, 6.07) is 6.81. The lowest BCUT2D eigenvalue weighted by Gasteiger charge is -2.56. The van der Waals surface area contributed by atoms with Gasteiger partial charge in [0.25, 0.3) is 5.91 Å². The Morgan fingerprint density at radius 3 is 2.24 bits per heavy atom. The fourth-order valence-electron chi connectivity index (χ4n) is 6.03. The molecule has 2 N–H and O–H groups in total. The molecule has 0 unspecified atom stereocenters. The van der Waals surface area contributed by atoms with Crippen molar-refractivity contribution in [3.63, 3.8) is 0 Å². The van der Waals surface area contributed by atoms with Gasteiger partial charge in [0.2, 0.25) is 5.91 Å². The molecule has 0 atom stereocenters. The van der Waals surface area contributed by atoms with E-state index in [9.17, 15) is 19.2 Å². The van der Waals surface area contributed by atoms with Crippen LogP contribution in [0.25, 0.3) is 0 Å². The summed E-state index contributed by atoms with van der Waals surface area (Å²) >= 11 is 1.28. The van der Waals surface area contributed by atoms with Gasteiger partial charge in [-0.25, -0.2) is 9.59 Å². The van der Waals surface area contributed by atoms with E-state index in [0.29, 0.717) is 4.90 Å². The third-order valence-corrected chi connectivity index (χ3v) is 7.83. The lowest BCUT2D eigenvalue weighted by molar-refractivity contribution is -0.124. The second-order valence-corrected chi connectivity index (χ2v) is 10.4. The first-order valence-electron chi connectivity index (χ1n) is 11.5. The topological polar surface area (TPSA) is 111 Å². The predicted molar refractivity (Wildman–Crippen MR) is 122 cm³/mol. The number of ether oxygens (including phenoxy) is 2. The number of esters is 1. The van der Waals surface area contributed by atoms with Crippen molar-refractivity contribution in [1.82, 2.24) is 10.6 Å². The predicted octanol–water partition coefficient (Wildman–Crippen LogP) is 3.29. The molecule has 0 radical (unpaired) electrons. The third kappa shape index (κ3) is 5.88. The van der Waals surface area contributed by atoms with E-state index in [1.165, 1.54) is 31.0 Å². The summed E-state index contributed by atoms with van der Waals surface area (Å²) in [5.41, 5.74) is 0.228. The standard InChI is InChI=1S/C24H30N2O6S/c1-2-31-23(30)25-20(27)13-32-22(29)18-5-3-4-6-19(18)33-14-21(28)26-24-10-15-7-16(11-24)9-17(8-15)12-24/h3-6,15-17H,2,7-14H2,1H3,(H,26,28)(H,25,27,30). The molecule has 4 aliphatic rings. The molecule has 1 aromatic rings. The van der Waals surface area contributed by atoms with Gasteiger partial charge in [-0.15, -0.1) is 11.8 Å². The normalized spacial score (nSPS) is 27.0. The first kappa shape index (κ1) is 23.6. The van der Waals surface area contributed by atoms with Crippen LogP contribution in [0.5, 0.6) is 0 Å². The molecular weight excluding hydrogens is 444 g/mol. The number of hydrogen-bond donors (Lipinski definition) is 2. The minimum atomic E-state index is -0.889. The summed E-state index contributed by atoms with van der Waals surface area (Å²) in [4.78, 5) is 48.9. The van der Waals surface area contributed by atoms with Crippen molar-refractivity contribution < 1.29 is 28.7 Å². The maximum Gasteiger partial charge on any atom is 0.413 e. The summed E-state index contributed by atoms with van der Waals surface area (Å²) < 4.78 is 9.65. The number of nitrogens with one attached hydrogen (secondary N) is 2. The Morgan fingerprint density at radius 1 is 0.970 bits per heavy atom. The van der Waals surface area contributed by atoms with Crippen LogP contribution < -0.4 is 10.6 Å². The number of carbonyl (C=O) groups is 4. The van der Waals surface area contributed by atoms with Gasteiger partial charge in [0.15, 0.2) is 6.61 Å². The zero-order valence-corrected chi connectivity index (χ0v) is 19.6. The molecule has 4 aliphatic carbocycles. The molecule has 0 spiro atoms. The molecule has 0 aromatic heterocycles. The van der Waals surface area contributed by atoms with Gasteiger partial charge in [0.05, 0.1) is 17.9 Å². The smallest absolute Gasteiger partial charge is 0.413 e. The quantitative estimate of drug-likeness (QED) is 0.439. The van der Waals surface area contributed by atoms with Crippen molar-refractivity contribution >= 4 is 35.6 Å². The molecular formula is C24H30N2O6S. The first-order valence-corrected chi connectivity index (χ1v) is 12.5. The van der Waals surface area contributed by atoms with Crippen LogP contribution in [0, 0.1) is 17.8 Å². The van der Waals surface area contributed by atoms with Gasteiger partial charge in [-0.1, -0.05) is 12.1 Å². The molecule has 0 saturated heterocycles. The van der Waals surface area contributed by atoms with Crippen molar-refractivity contribution in [3.8, 4) is 0 Å². The Labute approximate surface area is 197 Å². The van der Waals surface area contributed by atoms with E-state index < -0.39 is 24.6 Å². The number of hydrogen-bond acceptors (Lipinski definition) is 7. The largest absolute Gasteiger partial charge is 0.452 e. The minimum absolute atomic E-state index is 0.0149. The fraction of sp³-hybridized carbons (Fsp3) is 0.583. The van der Waals surface area contributed by atoms with Crippen LogP contribution in [-0.4, -0.2) is 48.4 Å². The Morgan fingerprint density at radius 2 is 1.61 bits per heavy atom. The van der Waals surface area contributed by atoms with Gasteiger partial charge in [-0.05, 0) is 75.3 Å². The molecule has 33 heavy (non-hydrogen) atoms. The number of imide groups is 1. The second-order valence-electron chi connectivity index (χ2n) is 9.38.